The highest BCUT2D eigenvalue weighted by Gasteiger charge is 2.17. The number of aliphatic carboxylic acids is 1. The Kier molecular flexibility index (Phi) is 4.76. The molecule has 0 amide bonds. The summed E-state index contributed by atoms with van der Waals surface area (Å²) in [6, 6.07) is 6.19. The second-order valence-corrected chi connectivity index (χ2v) is 8.37. The Morgan fingerprint density at radius 2 is 2.04 bits per heavy atom. The maximum atomic E-state index is 12.3. The third-order valence-corrected chi connectivity index (χ3v) is 6.49. The first-order chi connectivity index (χ1) is 12.6. The Morgan fingerprint density at radius 3 is 2.81 bits per heavy atom. The molecular formula is C20H22N2O3S. The van der Waals surface area contributed by atoms with Crippen LogP contribution in [0.3, 0.4) is 0 Å². The molecule has 0 aliphatic heterocycles. The fourth-order valence-electron chi connectivity index (χ4n) is 3.86. The first kappa shape index (κ1) is 17.2. The molecule has 6 heteroatoms. The minimum absolute atomic E-state index is 0.0533. The molecule has 1 aliphatic rings. The lowest BCUT2D eigenvalue weighted by atomic mass is 10.0. The van der Waals surface area contributed by atoms with Gasteiger partial charge in [0.2, 0.25) is 0 Å². The van der Waals surface area contributed by atoms with Crippen LogP contribution in [0.25, 0.3) is 21.8 Å². The average molecular weight is 370 g/mol. The number of carboxylic acids is 1. The molecule has 1 fully saturated rings. The van der Waals surface area contributed by atoms with E-state index in [1.165, 1.54) is 37.0 Å². The molecule has 1 aliphatic carbocycles. The van der Waals surface area contributed by atoms with E-state index in [1.807, 2.05) is 17.8 Å². The van der Waals surface area contributed by atoms with Crippen LogP contribution in [0, 0.1) is 0 Å². The highest BCUT2D eigenvalue weighted by molar-refractivity contribution is 8.00. The second-order valence-electron chi connectivity index (χ2n) is 7.00. The van der Waals surface area contributed by atoms with Crippen LogP contribution in [-0.2, 0) is 11.2 Å². The number of carbonyl (C=O) groups is 1. The molecule has 136 valence electrons. The average Bonchev–Trinajstić information content (AvgIpc) is 3.06. The van der Waals surface area contributed by atoms with E-state index in [1.54, 1.807) is 6.20 Å². The van der Waals surface area contributed by atoms with Gasteiger partial charge in [-0.25, -0.2) is 0 Å². The van der Waals surface area contributed by atoms with Crippen molar-refractivity contribution in [1.29, 1.82) is 0 Å². The molecule has 1 saturated carbocycles. The van der Waals surface area contributed by atoms with E-state index < -0.39 is 5.97 Å². The number of pyridine rings is 1. The molecule has 0 radical (unpaired) electrons. The van der Waals surface area contributed by atoms with Gasteiger partial charge in [-0.15, -0.1) is 11.8 Å². The SMILES string of the molecule is O=C(O)CCc1c[nH]c2c(=O)[nH]c3ccc(SC4CCCCC4)cc3c12. The number of carboxylic acid groups (broad SMARTS) is 1. The number of aryl methyl sites for hydroxylation is 1. The molecule has 1 aromatic carbocycles. The molecule has 26 heavy (non-hydrogen) atoms. The van der Waals surface area contributed by atoms with Crippen molar-refractivity contribution in [3.63, 3.8) is 0 Å². The zero-order chi connectivity index (χ0) is 18.1. The third kappa shape index (κ3) is 3.38. The number of hydrogen-bond acceptors (Lipinski definition) is 3. The Balaban J connectivity index is 1.77. The van der Waals surface area contributed by atoms with Gasteiger partial charge < -0.3 is 15.1 Å². The Hall–Kier alpha value is -2.21. The zero-order valence-corrected chi connectivity index (χ0v) is 15.3. The normalized spacial score (nSPS) is 15.7. The van der Waals surface area contributed by atoms with E-state index in [0.717, 1.165) is 21.9 Å². The van der Waals surface area contributed by atoms with Crippen LogP contribution < -0.4 is 5.56 Å². The van der Waals surface area contributed by atoms with Gasteiger partial charge in [0.25, 0.3) is 5.56 Å². The number of rotatable bonds is 5. The smallest absolute Gasteiger partial charge is 0.303 e. The summed E-state index contributed by atoms with van der Waals surface area (Å²) in [5.74, 6) is -0.831. The highest BCUT2D eigenvalue weighted by atomic mass is 32.2. The van der Waals surface area contributed by atoms with Crippen molar-refractivity contribution in [2.24, 2.45) is 0 Å². The van der Waals surface area contributed by atoms with Gasteiger partial charge in [0, 0.05) is 39.1 Å². The van der Waals surface area contributed by atoms with Crippen molar-refractivity contribution >= 4 is 39.5 Å². The number of hydrogen-bond donors (Lipinski definition) is 3. The minimum atomic E-state index is -0.831. The van der Waals surface area contributed by atoms with Crippen molar-refractivity contribution < 1.29 is 9.90 Å². The second kappa shape index (κ2) is 7.19. The number of benzene rings is 1. The number of H-pyrrole nitrogens is 2. The summed E-state index contributed by atoms with van der Waals surface area (Å²) in [6.45, 7) is 0. The van der Waals surface area contributed by atoms with E-state index in [9.17, 15) is 9.59 Å². The maximum Gasteiger partial charge on any atom is 0.303 e. The number of thioether (sulfide) groups is 1. The van der Waals surface area contributed by atoms with E-state index in [-0.39, 0.29) is 12.0 Å². The molecule has 3 N–H and O–H groups in total. The lowest BCUT2D eigenvalue weighted by molar-refractivity contribution is -0.136. The predicted octanol–water partition coefficient (Wildman–Crippen LogP) is 4.45. The van der Waals surface area contributed by atoms with Gasteiger partial charge in [-0.3, -0.25) is 9.59 Å². The molecule has 3 aromatic rings. The van der Waals surface area contributed by atoms with Gasteiger partial charge in [0.1, 0.15) is 5.52 Å². The van der Waals surface area contributed by atoms with E-state index in [2.05, 4.69) is 22.1 Å². The number of aromatic amines is 2. The molecule has 0 bridgehead atoms. The molecular weight excluding hydrogens is 348 g/mol. The standard InChI is InChI=1S/C20H22N2O3S/c23-17(24)9-6-12-11-21-19-18(12)15-10-14(7-8-16(15)22-20(19)25)26-13-4-2-1-3-5-13/h7-8,10-11,13,21H,1-6,9H2,(H,22,25)(H,23,24). The van der Waals surface area contributed by atoms with Gasteiger partial charge in [-0.1, -0.05) is 19.3 Å². The minimum Gasteiger partial charge on any atom is -0.481 e. The van der Waals surface area contributed by atoms with Gasteiger partial charge in [-0.2, -0.15) is 0 Å². The first-order valence-electron chi connectivity index (χ1n) is 9.16. The summed E-state index contributed by atoms with van der Waals surface area (Å²) in [7, 11) is 0. The molecule has 0 unspecified atom stereocenters. The lowest BCUT2D eigenvalue weighted by Crippen LogP contribution is -2.08. The van der Waals surface area contributed by atoms with E-state index in [0.29, 0.717) is 17.2 Å². The summed E-state index contributed by atoms with van der Waals surface area (Å²) < 4.78 is 0. The maximum absolute atomic E-state index is 12.3. The van der Waals surface area contributed by atoms with Crippen LogP contribution in [-0.4, -0.2) is 26.3 Å². The van der Waals surface area contributed by atoms with Crippen LogP contribution in [0.2, 0.25) is 0 Å². The number of nitrogens with one attached hydrogen (secondary N) is 2. The molecule has 4 rings (SSSR count). The van der Waals surface area contributed by atoms with Crippen molar-refractivity contribution in [3.8, 4) is 0 Å². The quantitative estimate of drug-likeness (QED) is 0.619. The first-order valence-corrected chi connectivity index (χ1v) is 10.0. The predicted molar refractivity (Wildman–Crippen MR) is 105 cm³/mol. The summed E-state index contributed by atoms with van der Waals surface area (Å²) in [5.41, 5.74) is 2.05. The Morgan fingerprint density at radius 1 is 1.23 bits per heavy atom. The Labute approximate surface area is 155 Å². The number of fused-ring (bicyclic) bond motifs is 3. The van der Waals surface area contributed by atoms with Crippen LogP contribution in [0.5, 0.6) is 0 Å². The summed E-state index contributed by atoms with van der Waals surface area (Å²) in [5, 5.41) is 11.5. The van der Waals surface area contributed by atoms with Crippen molar-refractivity contribution in [3.05, 3.63) is 40.3 Å². The van der Waals surface area contributed by atoms with E-state index in [4.69, 9.17) is 5.11 Å². The Bertz CT molecular complexity index is 1010. The summed E-state index contributed by atoms with van der Waals surface area (Å²) in [4.78, 5) is 30.5. The van der Waals surface area contributed by atoms with Crippen LogP contribution in [0.4, 0.5) is 0 Å². The van der Waals surface area contributed by atoms with Crippen LogP contribution in [0.15, 0.2) is 34.1 Å². The largest absolute Gasteiger partial charge is 0.481 e. The molecule has 0 spiro atoms. The van der Waals surface area contributed by atoms with Gasteiger partial charge >= 0.3 is 5.97 Å². The van der Waals surface area contributed by atoms with E-state index >= 15 is 0 Å². The van der Waals surface area contributed by atoms with Crippen molar-refractivity contribution in [2.45, 2.75) is 55.1 Å². The van der Waals surface area contributed by atoms with Gasteiger partial charge in [0.05, 0.1) is 0 Å². The highest BCUT2D eigenvalue weighted by Crippen LogP contribution is 2.36. The molecule has 0 saturated heterocycles. The summed E-state index contributed by atoms with van der Waals surface area (Å²) >= 11 is 1.92. The van der Waals surface area contributed by atoms with Crippen LogP contribution >= 0.6 is 11.8 Å². The number of aromatic nitrogens is 2. The summed E-state index contributed by atoms with van der Waals surface area (Å²) in [6.07, 6.45) is 8.71. The fraction of sp³-hybridized carbons (Fsp3) is 0.400. The monoisotopic (exact) mass is 370 g/mol. The zero-order valence-electron chi connectivity index (χ0n) is 14.5. The molecule has 2 aromatic heterocycles. The topological polar surface area (TPSA) is 85.9 Å². The lowest BCUT2D eigenvalue weighted by Gasteiger charge is -2.21. The molecule has 5 nitrogen and oxygen atoms in total. The van der Waals surface area contributed by atoms with Crippen molar-refractivity contribution in [1.82, 2.24) is 9.97 Å². The molecule has 0 atom stereocenters. The fourth-order valence-corrected chi connectivity index (χ4v) is 5.15. The van der Waals surface area contributed by atoms with Crippen molar-refractivity contribution in [2.75, 3.05) is 0 Å². The van der Waals surface area contributed by atoms with Gasteiger partial charge in [0.15, 0.2) is 0 Å². The van der Waals surface area contributed by atoms with Crippen LogP contribution in [0.1, 0.15) is 44.1 Å². The van der Waals surface area contributed by atoms with Gasteiger partial charge in [-0.05, 0) is 43.0 Å². The molecule has 2 heterocycles. The third-order valence-electron chi connectivity index (χ3n) is 5.16.